The van der Waals surface area contributed by atoms with E-state index in [1.807, 2.05) is 42.5 Å². The second kappa shape index (κ2) is 10.3. The Labute approximate surface area is 174 Å². The third-order valence-electron chi connectivity index (χ3n) is 4.64. The van der Waals surface area contributed by atoms with Crippen LogP contribution < -0.4 is 9.47 Å². The summed E-state index contributed by atoms with van der Waals surface area (Å²) in [5, 5.41) is 1.91. The second-order valence-electron chi connectivity index (χ2n) is 6.77. The number of benzene rings is 3. The summed E-state index contributed by atoms with van der Waals surface area (Å²) in [5.41, 5.74) is 0.502. The molecular formula is C24H25BrO3. The zero-order chi connectivity index (χ0) is 19.8. The Hall–Kier alpha value is -2.33. The third-order valence-corrected chi connectivity index (χ3v) is 5.33. The van der Waals surface area contributed by atoms with Crippen LogP contribution in [0.15, 0.2) is 65.1 Å². The summed E-state index contributed by atoms with van der Waals surface area (Å²) >= 11 is 3.53. The molecule has 0 aliphatic carbocycles. The van der Waals surface area contributed by atoms with E-state index in [4.69, 9.17) is 9.47 Å². The Kier molecular flexibility index (Phi) is 7.49. The molecule has 4 heteroatoms. The summed E-state index contributed by atoms with van der Waals surface area (Å²) in [7, 11) is 0. The van der Waals surface area contributed by atoms with Gasteiger partial charge < -0.3 is 9.47 Å². The van der Waals surface area contributed by atoms with E-state index < -0.39 is 0 Å². The average molecular weight is 441 g/mol. The van der Waals surface area contributed by atoms with Crippen molar-refractivity contribution in [2.45, 2.75) is 39.0 Å². The van der Waals surface area contributed by atoms with E-state index in [-0.39, 0.29) is 5.97 Å². The molecule has 3 nitrogen and oxygen atoms in total. The van der Waals surface area contributed by atoms with Crippen LogP contribution in [0.2, 0.25) is 0 Å². The number of hydrogen-bond donors (Lipinski definition) is 0. The largest absolute Gasteiger partial charge is 0.494 e. The molecule has 0 aliphatic heterocycles. The van der Waals surface area contributed by atoms with Gasteiger partial charge in [-0.1, -0.05) is 72.8 Å². The SMILES string of the molecule is CCCCCCCOc1ccc(C(=O)Oc2ccc(Br)c3ccccc23)cc1. The molecule has 0 bridgehead atoms. The smallest absolute Gasteiger partial charge is 0.343 e. The molecule has 0 fully saturated rings. The van der Waals surface area contributed by atoms with Gasteiger partial charge in [0.05, 0.1) is 12.2 Å². The molecule has 0 saturated carbocycles. The average Bonchev–Trinajstić information content (AvgIpc) is 2.73. The van der Waals surface area contributed by atoms with E-state index in [9.17, 15) is 4.79 Å². The molecule has 0 saturated heterocycles. The van der Waals surface area contributed by atoms with Gasteiger partial charge in [0.25, 0.3) is 0 Å². The maximum Gasteiger partial charge on any atom is 0.343 e. The van der Waals surface area contributed by atoms with E-state index in [0.717, 1.165) is 27.4 Å². The highest BCUT2D eigenvalue weighted by Crippen LogP contribution is 2.32. The number of fused-ring (bicyclic) bond motifs is 1. The lowest BCUT2D eigenvalue weighted by molar-refractivity contribution is 0.0737. The van der Waals surface area contributed by atoms with Crippen LogP contribution in [0.3, 0.4) is 0 Å². The van der Waals surface area contributed by atoms with Crippen molar-refractivity contribution in [1.29, 1.82) is 0 Å². The van der Waals surface area contributed by atoms with E-state index in [1.54, 1.807) is 18.2 Å². The highest BCUT2D eigenvalue weighted by molar-refractivity contribution is 9.10. The van der Waals surface area contributed by atoms with E-state index in [1.165, 1.54) is 25.7 Å². The van der Waals surface area contributed by atoms with Gasteiger partial charge in [0.15, 0.2) is 0 Å². The molecular weight excluding hydrogens is 416 g/mol. The first-order valence-corrected chi connectivity index (χ1v) is 10.6. The first kappa shape index (κ1) is 20.4. The third kappa shape index (κ3) is 5.35. The summed E-state index contributed by atoms with van der Waals surface area (Å²) in [6, 6.07) is 18.7. The fraction of sp³-hybridized carbons (Fsp3) is 0.292. The first-order chi connectivity index (χ1) is 13.7. The molecule has 28 heavy (non-hydrogen) atoms. The lowest BCUT2D eigenvalue weighted by Crippen LogP contribution is -2.08. The predicted octanol–water partition coefficient (Wildman–Crippen LogP) is 7.17. The maximum atomic E-state index is 12.5. The number of hydrogen-bond acceptors (Lipinski definition) is 3. The molecule has 0 N–H and O–H groups in total. The van der Waals surface area contributed by atoms with E-state index in [0.29, 0.717) is 17.9 Å². The van der Waals surface area contributed by atoms with Crippen LogP contribution in [0.4, 0.5) is 0 Å². The minimum absolute atomic E-state index is 0.376. The molecule has 0 aliphatic rings. The van der Waals surface area contributed by atoms with Gasteiger partial charge in [-0.25, -0.2) is 4.79 Å². The highest BCUT2D eigenvalue weighted by Gasteiger charge is 2.12. The number of halogens is 1. The standard InChI is InChI=1S/C24H25BrO3/c1-2-3-4-5-8-17-27-19-13-11-18(12-14-19)24(26)28-23-16-15-22(25)20-9-6-7-10-21(20)23/h6-7,9-16H,2-5,8,17H2,1H3. The van der Waals surface area contributed by atoms with Crippen molar-refractivity contribution in [2.75, 3.05) is 6.61 Å². The molecule has 146 valence electrons. The Bertz CT molecular complexity index is 919. The van der Waals surface area contributed by atoms with Gasteiger partial charge in [-0.3, -0.25) is 0 Å². The minimum atomic E-state index is -0.376. The normalized spacial score (nSPS) is 10.8. The Balaban J connectivity index is 1.59. The van der Waals surface area contributed by atoms with Gasteiger partial charge in [-0.05, 0) is 48.2 Å². The van der Waals surface area contributed by atoms with Gasteiger partial charge in [-0.2, -0.15) is 0 Å². The van der Waals surface area contributed by atoms with Crippen LogP contribution in [-0.4, -0.2) is 12.6 Å². The number of esters is 1. The van der Waals surface area contributed by atoms with Crippen molar-refractivity contribution in [2.24, 2.45) is 0 Å². The number of rotatable bonds is 9. The first-order valence-electron chi connectivity index (χ1n) is 9.81. The molecule has 0 unspecified atom stereocenters. The lowest BCUT2D eigenvalue weighted by Gasteiger charge is -2.10. The number of carbonyl (C=O) groups is 1. The molecule has 3 aromatic carbocycles. The number of carbonyl (C=O) groups excluding carboxylic acids is 1. The van der Waals surface area contributed by atoms with Crippen LogP contribution in [0, 0.1) is 0 Å². The van der Waals surface area contributed by atoms with Crippen LogP contribution >= 0.6 is 15.9 Å². The summed E-state index contributed by atoms with van der Waals surface area (Å²) in [4.78, 5) is 12.5. The second-order valence-corrected chi connectivity index (χ2v) is 7.62. The molecule has 0 atom stereocenters. The fourth-order valence-corrected chi connectivity index (χ4v) is 3.54. The number of unbranched alkanes of at least 4 members (excludes halogenated alkanes) is 4. The Morgan fingerprint density at radius 2 is 1.57 bits per heavy atom. The maximum absolute atomic E-state index is 12.5. The van der Waals surface area contributed by atoms with Crippen molar-refractivity contribution in [3.8, 4) is 11.5 Å². The highest BCUT2D eigenvalue weighted by atomic mass is 79.9. The Morgan fingerprint density at radius 3 is 2.32 bits per heavy atom. The van der Waals surface area contributed by atoms with Gasteiger partial charge in [0.1, 0.15) is 11.5 Å². The summed E-state index contributed by atoms with van der Waals surface area (Å²) in [6.45, 7) is 2.92. The monoisotopic (exact) mass is 440 g/mol. The van der Waals surface area contributed by atoms with Crippen LogP contribution in [-0.2, 0) is 0 Å². The van der Waals surface area contributed by atoms with Crippen LogP contribution in [0.1, 0.15) is 49.4 Å². The molecule has 3 rings (SSSR count). The summed E-state index contributed by atoms with van der Waals surface area (Å²) in [6.07, 6.45) is 6.04. The van der Waals surface area contributed by atoms with Crippen molar-refractivity contribution in [3.63, 3.8) is 0 Å². The summed E-state index contributed by atoms with van der Waals surface area (Å²) < 4.78 is 12.4. The van der Waals surface area contributed by atoms with Crippen LogP contribution in [0.5, 0.6) is 11.5 Å². The van der Waals surface area contributed by atoms with Crippen molar-refractivity contribution >= 4 is 32.7 Å². The van der Waals surface area contributed by atoms with Crippen LogP contribution in [0.25, 0.3) is 10.8 Å². The minimum Gasteiger partial charge on any atom is -0.494 e. The fourth-order valence-electron chi connectivity index (χ4n) is 3.07. The zero-order valence-electron chi connectivity index (χ0n) is 16.1. The zero-order valence-corrected chi connectivity index (χ0v) is 17.7. The van der Waals surface area contributed by atoms with Gasteiger partial charge in [0, 0.05) is 9.86 Å². The Morgan fingerprint density at radius 1 is 0.857 bits per heavy atom. The van der Waals surface area contributed by atoms with Crippen molar-refractivity contribution in [3.05, 3.63) is 70.7 Å². The van der Waals surface area contributed by atoms with E-state index in [2.05, 4.69) is 22.9 Å². The summed E-state index contributed by atoms with van der Waals surface area (Å²) in [5.74, 6) is 0.955. The van der Waals surface area contributed by atoms with Gasteiger partial charge in [-0.15, -0.1) is 0 Å². The molecule has 0 heterocycles. The van der Waals surface area contributed by atoms with Crippen molar-refractivity contribution < 1.29 is 14.3 Å². The molecule has 0 radical (unpaired) electrons. The topological polar surface area (TPSA) is 35.5 Å². The van der Waals surface area contributed by atoms with Gasteiger partial charge in [0.2, 0.25) is 0 Å². The number of ether oxygens (including phenoxy) is 2. The molecule has 0 amide bonds. The van der Waals surface area contributed by atoms with Crippen molar-refractivity contribution in [1.82, 2.24) is 0 Å². The quantitative estimate of drug-likeness (QED) is 0.201. The van der Waals surface area contributed by atoms with E-state index >= 15 is 0 Å². The molecule has 0 spiro atoms. The lowest BCUT2D eigenvalue weighted by atomic mass is 10.1. The van der Waals surface area contributed by atoms with Gasteiger partial charge >= 0.3 is 5.97 Å². The molecule has 3 aromatic rings. The molecule has 0 aromatic heterocycles. The predicted molar refractivity (Wildman–Crippen MR) is 117 cm³/mol.